The van der Waals surface area contributed by atoms with Crippen LogP contribution in [0.3, 0.4) is 0 Å². The van der Waals surface area contributed by atoms with Crippen LogP contribution in [0.15, 0.2) is 42.9 Å². The number of hydrogen-bond acceptors (Lipinski definition) is 8. The molecule has 2 fully saturated rings. The number of aliphatic hydroxyl groups excluding tert-OH is 3. The molecule has 3 aromatic rings. The quantitative estimate of drug-likeness (QED) is 0.437. The molecule has 0 radical (unpaired) electrons. The zero-order chi connectivity index (χ0) is 26.3. The van der Waals surface area contributed by atoms with Crippen molar-refractivity contribution in [3.05, 3.63) is 65.9 Å². The number of nitrogens with zero attached hydrogens (tertiary/aromatic N) is 5. The van der Waals surface area contributed by atoms with Crippen LogP contribution >= 0.6 is 0 Å². The van der Waals surface area contributed by atoms with Crippen molar-refractivity contribution >= 4 is 5.91 Å². The fourth-order valence-corrected chi connectivity index (χ4v) is 5.10. The van der Waals surface area contributed by atoms with Crippen molar-refractivity contribution < 1.29 is 38.0 Å². The van der Waals surface area contributed by atoms with Gasteiger partial charge in [-0.25, -0.2) is 17.9 Å². The van der Waals surface area contributed by atoms with E-state index in [4.69, 9.17) is 4.74 Å². The molecule has 5 rings (SSSR count). The van der Waals surface area contributed by atoms with E-state index in [9.17, 15) is 33.3 Å². The number of aromatic nitrogens is 4. The highest BCUT2D eigenvalue weighted by atomic mass is 19.2. The van der Waals surface area contributed by atoms with E-state index in [1.54, 1.807) is 18.3 Å². The molecule has 0 aliphatic carbocycles. The molecule has 0 unspecified atom stereocenters. The molecular weight excluding hydrogens is 495 g/mol. The molecular formula is C24H24F3N5O5. The molecule has 2 aliphatic rings. The molecule has 3 N–H and O–H groups in total. The summed E-state index contributed by atoms with van der Waals surface area (Å²) in [5.74, 6) is -4.75. The minimum atomic E-state index is -1.62. The Morgan fingerprint density at radius 2 is 1.97 bits per heavy atom. The Kier molecular flexibility index (Phi) is 6.70. The monoisotopic (exact) mass is 519 g/mol. The van der Waals surface area contributed by atoms with E-state index in [0.29, 0.717) is 24.9 Å². The third kappa shape index (κ3) is 4.48. The van der Waals surface area contributed by atoms with Crippen molar-refractivity contribution in [2.24, 2.45) is 0 Å². The fraction of sp³-hybridized carbons (Fsp3) is 0.417. The average molecular weight is 519 g/mol. The highest BCUT2D eigenvalue weighted by molar-refractivity contribution is 5.94. The summed E-state index contributed by atoms with van der Waals surface area (Å²) < 4.78 is 48.0. The van der Waals surface area contributed by atoms with Gasteiger partial charge in [0.25, 0.3) is 5.91 Å². The Morgan fingerprint density at radius 1 is 1.22 bits per heavy atom. The van der Waals surface area contributed by atoms with Gasteiger partial charge in [0, 0.05) is 24.5 Å². The first kappa shape index (κ1) is 25.3. The first-order valence-electron chi connectivity index (χ1n) is 11.6. The molecule has 10 nitrogen and oxygen atoms in total. The Labute approximate surface area is 208 Å². The van der Waals surface area contributed by atoms with E-state index in [0.717, 1.165) is 16.8 Å². The fourth-order valence-electron chi connectivity index (χ4n) is 5.10. The molecule has 0 bridgehead atoms. The van der Waals surface area contributed by atoms with Crippen molar-refractivity contribution in [1.82, 2.24) is 24.9 Å². The van der Waals surface area contributed by atoms with Crippen LogP contribution in [0.5, 0.6) is 0 Å². The Hall–Kier alpha value is -3.39. The van der Waals surface area contributed by atoms with Crippen molar-refractivity contribution in [2.45, 2.75) is 42.8 Å². The highest BCUT2D eigenvalue weighted by Crippen LogP contribution is 2.42. The second-order valence-electron chi connectivity index (χ2n) is 9.24. The molecule has 2 saturated heterocycles. The standard InChI is InChI=1S/C24H24F3N5O5/c25-15-7-14(8-16(26)19(15)27)17-10-32(30-29-17)20-21(34)18(11-33)37-24(22(20)35)4-2-6-31(12-24)23(36)13-3-1-5-28-9-13/h1,3,5,7-10,18,20-22,33-35H,2,4,6,11-12H2/t18-,20+,21+,22-,24-/m1/s1. The predicted molar refractivity (Wildman–Crippen MR) is 120 cm³/mol. The molecule has 4 heterocycles. The maximum Gasteiger partial charge on any atom is 0.255 e. The third-order valence-electron chi connectivity index (χ3n) is 6.94. The topological polar surface area (TPSA) is 134 Å². The Balaban J connectivity index is 1.46. The second-order valence-corrected chi connectivity index (χ2v) is 9.24. The van der Waals surface area contributed by atoms with Crippen LogP contribution in [-0.4, -0.2) is 89.7 Å². The summed E-state index contributed by atoms with van der Waals surface area (Å²) in [5, 5.41) is 40.1. The maximum absolute atomic E-state index is 13.7. The maximum atomic E-state index is 13.7. The molecule has 1 spiro atoms. The first-order chi connectivity index (χ1) is 17.7. The lowest BCUT2D eigenvalue weighted by molar-refractivity contribution is -0.266. The lowest BCUT2D eigenvalue weighted by Crippen LogP contribution is -2.68. The van der Waals surface area contributed by atoms with Crippen LogP contribution in [0.4, 0.5) is 13.2 Å². The van der Waals surface area contributed by atoms with Gasteiger partial charge in [0.15, 0.2) is 17.5 Å². The van der Waals surface area contributed by atoms with Gasteiger partial charge in [-0.2, -0.15) is 0 Å². The number of amides is 1. The van der Waals surface area contributed by atoms with Gasteiger partial charge in [-0.05, 0) is 37.1 Å². The number of hydrogen-bond donors (Lipinski definition) is 3. The summed E-state index contributed by atoms with van der Waals surface area (Å²) in [7, 11) is 0. The summed E-state index contributed by atoms with van der Waals surface area (Å²) >= 11 is 0. The van der Waals surface area contributed by atoms with E-state index >= 15 is 0 Å². The Bertz CT molecular complexity index is 1270. The average Bonchev–Trinajstić information content (AvgIpc) is 3.39. The van der Waals surface area contributed by atoms with Gasteiger partial charge < -0.3 is 25.0 Å². The molecule has 2 aliphatic heterocycles. The summed E-state index contributed by atoms with van der Waals surface area (Å²) in [5.41, 5.74) is -1.12. The van der Waals surface area contributed by atoms with Gasteiger partial charge >= 0.3 is 0 Å². The predicted octanol–water partition coefficient (Wildman–Crippen LogP) is 1.09. The van der Waals surface area contributed by atoms with Crippen molar-refractivity contribution in [3.8, 4) is 11.3 Å². The van der Waals surface area contributed by atoms with Gasteiger partial charge in [-0.1, -0.05) is 5.21 Å². The van der Waals surface area contributed by atoms with Gasteiger partial charge in [0.2, 0.25) is 0 Å². The summed E-state index contributed by atoms with van der Waals surface area (Å²) in [6, 6.07) is 3.58. The summed E-state index contributed by atoms with van der Waals surface area (Å²) in [6.07, 6.45) is 1.04. The minimum Gasteiger partial charge on any atom is -0.394 e. The van der Waals surface area contributed by atoms with Crippen molar-refractivity contribution in [3.63, 3.8) is 0 Å². The van der Waals surface area contributed by atoms with E-state index in [2.05, 4.69) is 15.3 Å². The lowest BCUT2D eigenvalue weighted by Gasteiger charge is -2.53. The first-order valence-corrected chi connectivity index (χ1v) is 11.6. The van der Waals surface area contributed by atoms with Crippen LogP contribution < -0.4 is 0 Å². The number of aliphatic hydroxyl groups is 3. The van der Waals surface area contributed by atoms with Crippen LogP contribution in [0.2, 0.25) is 0 Å². The van der Waals surface area contributed by atoms with Gasteiger partial charge in [0.05, 0.1) is 24.9 Å². The number of likely N-dealkylation sites (tertiary alicyclic amines) is 1. The molecule has 13 heteroatoms. The van der Waals surface area contributed by atoms with Gasteiger partial charge in [-0.15, -0.1) is 5.10 Å². The van der Waals surface area contributed by atoms with E-state index in [1.165, 1.54) is 17.3 Å². The number of carbonyl (C=O) groups excluding carboxylic acids is 1. The number of benzene rings is 1. The molecule has 5 atom stereocenters. The lowest BCUT2D eigenvalue weighted by atomic mass is 9.78. The van der Waals surface area contributed by atoms with Gasteiger partial charge in [0.1, 0.15) is 35.6 Å². The van der Waals surface area contributed by atoms with Gasteiger partial charge in [-0.3, -0.25) is 9.78 Å². The molecule has 0 saturated carbocycles. The number of ether oxygens (including phenoxy) is 1. The molecule has 196 valence electrons. The minimum absolute atomic E-state index is 0.0302. The van der Waals surface area contributed by atoms with E-state index < -0.39 is 54.0 Å². The molecule has 2 aromatic heterocycles. The molecule has 37 heavy (non-hydrogen) atoms. The molecule has 1 aromatic carbocycles. The van der Waals surface area contributed by atoms with E-state index in [-0.39, 0.29) is 23.7 Å². The number of carbonyl (C=O) groups is 1. The van der Waals surface area contributed by atoms with Crippen LogP contribution in [-0.2, 0) is 4.74 Å². The summed E-state index contributed by atoms with van der Waals surface area (Å²) in [6.45, 7) is -0.214. The van der Waals surface area contributed by atoms with Crippen molar-refractivity contribution in [1.29, 1.82) is 0 Å². The van der Waals surface area contributed by atoms with Crippen LogP contribution in [0, 0.1) is 17.5 Å². The van der Waals surface area contributed by atoms with Crippen LogP contribution in [0.1, 0.15) is 29.2 Å². The van der Waals surface area contributed by atoms with Crippen molar-refractivity contribution in [2.75, 3.05) is 19.7 Å². The SMILES string of the molecule is O=C(c1cccnc1)N1CCC[C@]2(C1)O[C@H](CO)[C@H](O)[C@H](n1cc(-c3cc(F)c(F)c(F)c3)nn1)[C@H]2O. The number of pyridine rings is 1. The summed E-state index contributed by atoms with van der Waals surface area (Å²) in [4.78, 5) is 18.6. The number of rotatable bonds is 4. The normalized spacial score (nSPS) is 28.0. The zero-order valence-corrected chi connectivity index (χ0v) is 19.4. The zero-order valence-electron chi connectivity index (χ0n) is 19.4. The number of halogens is 3. The highest BCUT2D eigenvalue weighted by Gasteiger charge is 2.56. The smallest absolute Gasteiger partial charge is 0.255 e. The van der Waals surface area contributed by atoms with E-state index in [1.807, 2.05) is 0 Å². The Morgan fingerprint density at radius 3 is 2.65 bits per heavy atom. The largest absolute Gasteiger partial charge is 0.394 e. The van der Waals surface area contributed by atoms with Crippen LogP contribution in [0.25, 0.3) is 11.3 Å². The molecule has 1 amide bonds. The number of piperidine rings is 1. The second kappa shape index (κ2) is 9.82. The third-order valence-corrected chi connectivity index (χ3v) is 6.94.